The van der Waals surface area contributed by atoms with Gasteiger partial charge in [0.15, 0.2) is 0 Å². The van der Waals surface area contributed by atoms with E-state index in [9.17, 15) is 4.79 Å². The van der Waals surface area contributed by atoms with E-state index in [1.165, 1.54) is 0 Å². The maximum Gasteiger partial charge on any atom is 0.244 e. The van der Waals surface area contributed by atoms with Crippen LogP contribution >= 0.6 is 0 Å². The van der Waals surface area contributed by atoms with Crippen LogP contribution in [0, 0.1) is 0 Å². The fraction of sp³-hybridized carbons (Fsp3) is 0.700. The monoisotopic (exact) mass is 401 g/mol. The average molecular weight is 402 g/mol. The van der Waals surface area contributed by atoms with Crippen molar-refractivity contribution >= 4 is 11.6 Å². The quantitative estimate of drug-likeness (QED) is 0.766. The normalized spacial score (nSPS) is 22.4. The second-order valence-electron chi connectivity index (χ2n) is 9.08. The number of hydrogen-bond donors (Lipinski definition) is 0. The van der Waals surface area contributed by atoms with E-state index in [4.69, 9.17) is 4.42 Å². The van der Waals surface area contributed by atoms with Crippen molar-refractivity contribution in [1.82, 2.24) is 29.8 Å². The lowest BCUT2D eigenvalue weighted by molar-refractivity contribution is -0.126. The average Bonchev–Trinajstić information content (AvgIpc) is 3.32. The fourth-order valence-electron chi connectivity index (χ4n) is 4.04. The largest absolute Gasteiger partial charge is 0.423 e. The van der Waals surface area contributed by atoms with E-state index in [0.717, 1.165) is 51.3 Å². The van der Waals surface area contributed by atoms with Gasteiger partial charge in [0.1, 0.15) is 0 Å². The molecule has 0 aliphatic carbocycles. The molecule has 4 heterocycles. The van der Waals surface area contributed by atoms with Gasteiger partial charge in [-0.3, -0.25) is 19.3 Å². The molecule has 2 aromatic rings. The molecule has 0 spiro atoms. The van der Waals surface area contributed by atoms with Crippen LogP contribution < -0.4 is 4.90 Å². The molecule has 158 valence electrons. The summed E-state index contributed by atoms with van der Waals surface area (Å²) in [5.74, 6) is 1.54. The van der Waals surface area contributed by atoms with Gasteiger partial charge in [0.05, 0.1) is 24.5 Å². The molecule has 9 nitrogen and oxygen atoms in total. The molecule has 29 heavy (non-hydrogen) atoms. The van der Waals surface area contributed by atoms with Crippen molar-refractivity contribution in [2.75, 3.05) is 37.6 Å². The summed E-state index contributed by atoms with van der Waals surface area (Å²) in [6.45, 7) is 11.2. The molecule has 1 atom stereocenters. The van der Waals surface area contributed by atoms with E-state index >= 15 is 0 Å². The number of piperazine rings is 1. The minimum absolute atomic E-state index is 0.0398. The third-order valence-electron chi connectivity index (χ3n) is 5.73. The van der Waals surface area contributed by atoms with Gasteiger partial charge in [-0.15, -0.1) is 10.2 Å². The molecule has 0 radical (unpaired) electrons. The maximum atomic E-state index is 13.1. The van der Waals surface area contributed by atoms with Gasteiger partial charge in [-0.2, -0.15) is 5.10 Å². The summed E-state index contributed by atoms with van der Waals surface area (Å²) in [6.07, 6.45) is 5.63. The zero-order chi connectivity index (χ0) is 20.6. The Morgan fingerprint density at radius 2 is 1.90 bits per heavy atom. The highest BCUT2D eigenvalue weighted by atomic mass is 16.4. The van der Waals surface area contributed by atoms with Crippen molar-refractivity contribution in [2.45, 2.75) is 51.6 Å². The Morgan fingerprint density at radius 1 is 1.14 bits per heavy atom. The predicted molar refractivity (Wildman–Crippen MR) is 108 cm³/mol. The van der Waals surface area contributed by atoms with Crippen molar-refractivity contribution in [3.8, 4) is 0 Å². The first-order valence-corrected chi connectivity index (χ1v) is 10.4. The molecule has 2 aromatic heterocycles. The molecule has 9 heteroatoms. The van der Waals surface area contributed by atoms with E-state index in [1.807, 2.05) is 18.1 Å². The lowest BCUT2D eigenvalue weighted by Crippen LogP contribution is -2.57. The van der Waals surface area contributed by atoms with Crippen LogP contribution in [0.2, 0.25) is 0 Å². The highest BCUT2D eigenvalue weighted by molar-refractivity contribution is 5.97. The number of amides is 1. The number of aryl methyl sites for hydroxylation is 1. The molecular weight excluding hydrogens is 370 g/mol. The minimum Gasteiger partial charge on any atom is -0.423 e. The number of carbonyl (C=O) groups excluding carboxylic acids is 1. The SMILES string of the molecule is Cn1cc(N2CCC[C@@H](N3CCN(Cc4nnc(C(C)(C)C)o4)CC3)C2=O)cn1. The Kier molecular flexibility index (Phi) is 5.44. The standard InChI is InChI=1S/C20H31N7O2/c1-20(2,3)19-23-22-17(29-19)14-25-8-10-26(11-9-25)16-6-5-7-27(18(16)28)15-12-21-24(4)13-15/h12-13,16H,5-11,14H2,1-4H3/t16-/m1/s1. The van der Waals surface area contributed by atoms with Crippen LogP contribution in [0.1, 0.15) is 45.4 Å². The molecule has 0 aromatic carbocycles. The van der Waals surface area contributed by atoms with Gasteiger partial charge in [0.25, 0.3) is 0 Å². The van der Waals surface area contributed by atoms with Gasteiger partial charge in [-0.25, -0.2) is 0 Å². The van der Waals surface area contributed by atoms with Crippen LogP contribution in [0.15, 0.2) is 16.8 Å². The Balaban J connectivity index is 1.33. The predicted octanol–water partition coefficient (Wildman–Crippen LogP) is 1.41. The molecule has 4 rings (SSSR count). The Bertz CT molecular complexity index is 845. The summed E-state index contributed by atoms with van der Waals surface area (Å²) in [4.78, 5) is 19.6. The van der Waals surface area contributed by atoms with Crippen molar-refractivity contribution in [2.24, 2.45) is 7.05 Å². The second kappa shape index (κ2) is 7.87. The van der Waals surface area contributed by atoms with E-state index in [-0.39, 0.29) is 17.4 Å². The smallest absolute Gasteiger partial charge is 0.244 e. The van der Waals surface area contributed by atoms with Crippen molar-refractivity contribution in [3.05, 3.63) is 24.2 Å². The molecule has 2 saturated heterocycles. The Labute approximate surface area is 171 Å². The third-order valence-corrected chi connectivity index (χ3v) is 5.73. The highest BCUT2D eigenvalue weighted by Crippen LogP contribution is 2.25. The minimum atomic E-state index is -0.133. The summed E-state index contributed by atoms with van der Waals surface area (Å²) in [7, 11) is 1.88. The van der Waals surface area contributed by atoms with E-state index in [1.54, 1.807) is 10.9 Å². The van der Waals surface area contributed by atoms with E-state index < -0.39 is 0 Å². The molecule has 0 bridgehead atoms. The van der Waals surface area contributed by atoms with Crippen molar-refractivity contribution in [1.29, 1.82) is 0 Å². The maximum absolute atomic E-state index is 13.1. The van der Waals surface area contributed by atoms with Gasteiger partial charge in [-0.1, -0.05) is 20.8 Å². The number of carbonyl (C=O) groups is 1. The lowest BCUT2D eigenvalue weighted by atomic mass is 9.97. The van der Waals surface area contributed by atoms with E-state index in [0.29, 0.717) is 18.3 Å². The topological polar surface area (TPSA) is 83.5 Å². The Morgan fingerprint density at radius 3 is 2.52 bits per heavy atom. The van der Waals surface area contributed by atoms with Crippen LogP contribution in [0.5, 0.6) is 0 Å². The molecule has 2 aliphatic rings. The van der Waals surface area contributed by atoms with Gasteiger partial charge in [0.2, 0.25) is 17.7 Å². The highest BCUT2D eigenvalue weighted by Gasteiger charge is 2.36. The zero-order valence-corrected chi connectivity index (χ0v) is 17.8. The summed E-state index contributed by atoms with van der Waals surface area (Å²) in [6, 6.07) is -0.0398. The summed E-state index contributed by atoms with van der Waals surface area (Å²) < 4.78 is 7.57. The van der Waals surface area contributed by atoms with Crippen LogP contribution in [0.3, 0.4) is 0 Å². The number of piperidine rings is 1. The lowest BCUT2D eigenvalue weighted by Gasteiger charge is -2.42. The van der Waals surface area contributed by atoms with Crippen LogP contribution in [-0.4, -0.2) is 74.5 Å². The summed E-state index contributed by atoms with van der Waals surface area (Å²) >= 11 is 0. The molecule has 0 saturated carbocycles. The molecule has 2 fully saturated rings. The molecule has 0 N–H and O–H groups in total. The van der Waals surface area contributed by atoms with Crippen molar-refractivity contribution in [3.63, 3.8) is 0 Å². The number of anilines is 1. The van der Waals surface area contributed by atoms with Crippen LogP contribution in [-0.2, 0) is 23.8 Å². The number of nitrogens with zero attached hydrogens (tertiary/aromatic N) is 7. The summed E-state index contributed by atoms with van der Waals surface area (Å²) in [5.41, 5.74) is 0.762. The Hall–Kier alpha value is -2.26. The first-order chi connectivity index (χ1) is 13.8. The first-order valence-electron chi connectivity index (χ1n) is 10.4. The van der Waals surface area contributed by atoms with Crippen LogP contribution in [0.4, 0.5) is 5.69 Å². The number of rotatable bonds is 4. The van der Waals surface area contributed by atoms with Crippen LogP contribution in [0.25, 0.3) is 0 Å². The first kappa shape index (κ1) is 20.0. The van der Waals surface area contributed by atoms with Gasteiger partial charge in [-0.05, 0) is 12.8 Å². The fourth-order valence-corrected chi connectivity index (χ4v) is 4.04. The summed E-state index contributed by atoms with van der Waals surface area (Å²) in [5, 5.41) is 12.6. The number of hydrogen-bond acceptors (Lipinski definition) is 7. The molecule has 0 unspecified atom stereocenters. The molecular formula is C20H31N7O2. The van der Waals surface area contributed by atoms with E-state index in [2.05, 4.69) is 45.9 Å². The van der Waals surface area contributed by atoms with Gasteiger partial charge in [0, 0.05) is 51.4 Å². The second-order valence-corrected chi connectivity index (χ2v) is 9.08. The molecule has 2 aliphatic heterocycles. The van der Waals surface area contributed by atoms with Gasteiger partial charge < -0.3 is 9.32 Å². The number of aromatic nitrogens is 4. The van der Waals surface area contributed by atoms with Crippen molar-refractivity contribution < 1.29 is 9.21 Å². The zero-order valence-electron chi connectivity index (χ0n) is 17.8. The molecule has 1 amide bonds. The van der Waals surface area contributed by atoms with Gasteiger partial charge >= 0.3 is 0 Å². The third kappa shape index (κ3) is 4.35.